The van der Waals surface area contributed by atoms with Crippen LogP contribution in [0, 0.1) is 6.92 Å². The zero-order chi connectivity index (χ0) is 13.8. The van der Waals surface area contributed by atoms with Gasteiger partial charge in [0.25, 0.3) is 0 Å². The van der Waals surface area contributed by atoms with Gasteiger partial charge in [-0.15, -0.1) is 0 Å². The number of Topliss-reactive ketones (excluding diaryl/α,β-unsaturated/α-hetero) is 1. The number of nitrogens with zero attached hydrogens (tertiary/aromatic N) is 2. The van der Waals surface area contributed by atoms with E-state index in [0.29, 0.717) is 5.56 Å². The maximum Gasteiger partial charge on any atom is 0.163 e. The van der Waals surface area contributed by atoms with Crippen LogP contribution in [0.15, 0.2) is 42.6 Å². The Bertz CT molecular complexity index is 593. The van der Waals surface area contributed by atoms with Gasteiger partial charge in [-0.05, 0) is 37.1 Å². The molecule has 0 amide bonds. The first kappa shape index (κ1) is 13.3. The van der Waals surface area contributed by atoms with E-state index < -0.39 is 0 Å². The summed E-state index contributed by atoms with van der Waals surface area (Å²) in [4.78, 5) is 18.0. The topological polar surface area (TPSA) is 33.2 Å². The third-order valence-corrected chi connectivity index (χ3v) is 3.20. The van der Waals surface area contributed by atoms with E-state index >= 15 is 0 Å². The van der Waals surface area contributed by atoms with Crippen LogP contribution in [0.5, 0.6) is 0 Å². The maximum atomic E-state index is 11.6. The monoisotopic (exact) mass is 254 g/mol. The van der Waals surface area contributed by atoms with Crippen molar-refractivity contribution in [1.82, 2.24) is 4.98 Å². The molecule has 0 saturated heterocycles. The fourth-order valence-corrected chi connectivity index (χ4v) is 2.09. The van der Waals surface area contributed by atoms with Gasteiger partial charge in [0.15, 0.2) is 5.78 Å². The first-order chi connectivity index (χ1) is 9.09. The average molecular weight is 254 g/mol. The van der Waals surface area contributed by atoms with E-state index in [1.54, 1.807) is 19.2 Å². The highest BCUT2D eigenvalue weighted by Gasteiger charge is 2.12. The molecule has 3 nitrogen and oxygen atoms in total. The number of ketones is 1. The van der Waals surface area contributed by atoms with Crippen LogP contribution in [-0.4, -0.2) is 17.8 Å². The Labute approximate surface area is 113 Å². The van der Waals surface area contributed by atoms with Crippen molar-refractivity contribution in [2.24, 2.45) is 0 Å². The molecule has 0 atom stereocenters. The predicted molar refractivity (Wildman–Crippen MR) is 77.5 cm³/mol. The molecule has 0 saturated carbocycles. The van der Waals surface area contributed by atoms with Crippen molar-refractivity contribution in [3.63, 3.8) is 0 Å². The number of aryl methyl sites for hydroxylation is 1. The Hall–Kier alpha value is -2.16. The van der Waals surface area contributed by atoms with Crippen molar-refractivity contribution in [2.75, 3.05) is 11.9 Å². The van der Waals surface area contributed by atoms with Gasteiger partial charge in [-0.25, -0.2) is 4.98 Å². The lowest BCUT2D eigenvalue weighted by Crippen LogP contribution is -2.20. The summed E-state index contributed by atoms with van der Waals surface area (Å²) in [5, 5.41) is 0. The van der Waals surface area contributed by atoms with E-state index in [9.17, 15) is 4.79 Å². The number of pyridine rings is 1. The molecule has 1 aromatic carbocycles. The van der Waals surface area contributed by atoms with Gasteiger partial charge in [0.1, 0.15) is 5.82 Å². The maximum absolute atomic E-state index is 11.6. The Morgan fingerprint density at radius 1 is 1.21 bits per heavy atom. The van der Waals surface area contributed by atoms with Gasteiger partial charge < -0.3 is 4.90 Å². The largest absolute Gasteiger partial charge is 0.355 e. The second kappa shape index (κ2) is 5.65. The summed E-state index contributed by atoms with van der Waals surface area (Å²) in [6.45, 7) is 4.40. The van der Waals surface area contributed by atoms with Gasteiger partial charge in [0.2, 0.25) is 0 Å². The molecule has 0 radical (unpaired) electrons. The van der Waals surface area contributed by atoms with Gasteiger partial charge in [0.05, 0.1) is 5.56 Å². The zero-order valence-electron chi connectivity index (χ0n) is 11.6. The van der Waals surface area contributed by atoms with E-state index in [-0.39, 0.29) is 5.78 Å². The molecule has 1 heterocycles. The Morgan fingerprint density at radius 2 is 1.95 bits per heavy atom. The minimum Gasteiger partial charge on any atom is -0.355 e. The van der Waals surface area contributed by atoms with E-state index in [4.69, 9.17) is 0 Å². The van der Waals surface area contributed by atoms with E-state index in [1.807, 2.05) is 30.1 Å². The van der Waals surface area contributed by atoms with Crippen LogP contribution in [-0.2, 0) is 6.54 Å². The van der Waals surface area contributed by atoms with Gasteiger partial charge in [-0.1, -0.05) is 24.3 Å². The van der Waals surface area contributed by atoms with Crippen LogP contribution in [0.25, 0.3) is 0 Å². The highest BCUT2D eigenvalue weighted by atomic mass is 16.1. The number of carbonyl (C=O) groups excluding carboxylic acids is 1. The Balaban J connectivity index is 2.28. The molecule has 0 aliphatic rings. The molecule has 19 heavy (non-hydrogen) atoms. The molecule has 0 fully saturated rings. The highest BCUT2D eigenvalue weighted by molar-refractivity contribution is 5.98. The molecule has 0 bridgehead atoms. The first-order valence-corrected chi connectivity index (χ1v) is 6.31. The number of hydrogen-bond acceptors (Lipinski definition) is 3. The van der Waals surface area contributed by atoms with Crippen LogP contribution in [0.1, 0.15) is 28.4 Å². The quantitative estimate of drug-likeness (QED) is 0.785. The SMILES string of the molecule is CC(=O)c1cccnc1N(C)Cc1ccccc1C. The van der Waals surface area contributed by atoms with Crippen molar-refractivity contribution in [1.29, 1.82) is 0 Å². The summed E-state index contributed by atoms with van der Waals surface area (Å²) in [6, 6.07) is 11.9. The molecule has 0 N–H and O–H groups in total. The fourth-order valence-electron chi connectivity index (χ4n) is 2.09. The van der Waals surface area contributed by atoms with E-state index in [2.05, 4.69) is 24.0 Å². The number of benzene rings is 1. The summed E-state index contributed by atoms with van der Waals surface area (Å²) >= 11 is 0. The van der Waals surface area contributed by atoms with Gasteiger partial charge in [-0.2, -0.15) is 0 Å². The van der Waals surface area contributed by atoms with E-state index in [1.165, 1.54) is 11.1 Å². The van der Waals surface area contributed by atoms with Crippen LogP contribution >= 0.6 is 0 Å². The number of carbonyl (C=O) groups is 1. The minimum absolute atomic E-state index is 0.0414. The zero-order valence-corrected chi connectivity index (χ0v) is 11.6. The van der Waals surface area contributed by atoms with Crippen LogP contribution in [0.4, 0.5) is 5.82 Å². The van der Waals surface area contributed by atoms with Crippen LogP contribution < -0.4 is 4.90 Å². The summed E-state index contributed by atoms with van der Waals surface area (Å²) < 4.78 is 0. The fraction of sp³-hybridized carbons (Fsp3) is 0.250. The second-order valence-electron chi connectivity index (χ2n) is 4.71. The number of rotatable bonds is 4. The summed E-state index contributed by atoms with van der Waals surface area (Å²) in [5.74, 6) is 0.776. The molecule has 2 aromatic rings. The molecule has 98 valence electrons. The third kappa shape index (κ3) is 2.99. The molecular weight excluding hydrogens is 236 g/mol. The molecule has 2 rings (SSSR count). The Kier molecular flexibility index (Phi) is 3.95. The lowest BCUT2D eigenvalue weighted by atomic mass is 10.1. The Morgan fingerprint density at radius 3 is 2.63 bits per heavy atom. The number of hydrogen-bond donors (Lipinski definition) is 0. The van der Waals surface area contributed by atoms with Gasteiger partial charge in [0, 0.05) is 19.8 Å². The average Bonchev–Trinajstić information content (AvgIpc) is 2.41. The smallest absolute Gasteiger partial charge is 0.163 e. The summed E-state index contributed by atoms with van der Waals surface area (Å²) in [7, 11) is 1.96. The minimum atomic E-state index is 0.0414. The molecular formula is C16H18N2O. The van der Waals surface area contributed by atoms with Crippen LogP contribution in [0.3, 0.4) is 0 Å². The van der Waals surface area contributed by atoms with Crippen molar-refractivity contribution in [3.8, 4) is 0 Å². The molecule has 0 spiro atoms. The van der Waals surface area contributed by atoms with E-state index in [0.717, 1.165) is 12.4 Å². The van der Waals surface area contributed by atoms with Crippen molar-refractivity contribution in [2.45, 2.75) is 20.4 Å². The molecule has 0 aliphatic heterocycles. The van der Waals surface area contributed by atoms with Crippen molar-refractivity contribution < 1.29 is 4.79 Å². The first-order valence-electron chi connectivity index (χ1n) is 6.31. The number of aromatic nitrogens is 1. The lowest BCUT2D eigenvalue weighted by Gasteiger charge is -2.21. The van der Waals surface area contributed by atoms with Gasteiger partial charge in [-0.3, -0.25) is 4.79 Å². The molecule has 0 unspecified atom stereocenters. The normalized spacial score (nSPS) is 10.3. The lowest BCUT2D eigenvalue weighted by molar-refractivity contribution is 0.101. The van der Waals surface area contributed by atoms with Crippen LogP contribution in [0.2, 0.25) is 0 Å². The predicted octanol–water partition coefficient (Wildman–Crippen LogP) is 3.23. The summed E-state index contributed by atoms with van der Waals surface area (Å²) in [5.41, 5.74) is 3.15. The third-order valence-electron chi connectivity index (χ3n) is 3.20. The van der Waals surface area contributed by atoms with Crippen molar-refractivity contribution in [3.05, 3.63) is 59.3 Å². The molecule has 3 heteroatoms. The van der Waals surface area contributed by atoms with Crippen molar-refractivity contribution >= 4 is 11.6 Å². The number of anilines is 1. The summed E-state index contributed by atoms with van der Waals surface area (Å²) in [6.07, 6.45) is 1.72. The molecule has 1 aromatic heterocycles. The second-order valence-corrected chi connectivity index (χ2v) is 4.71. The van der Waals surface area contributed by atoms with Gasteiger partial charge >= 0.3 is 0 Å². The molecule has 0 aliphatic carbocycles. The standard InChI is InChI=1S/C16H18N2O/c1-12-7-4-5-8-14(12)11-18(3)16-15(13(2)19)9-6-10-17-16/h4-10H,11H2,1-3H3. The highest BCUT2D eigenvalue weighted by Crippen LogP contribution is 2.19.